The normalized spacial score (nSPS) is 10.1. The number of benzene rings is 1. The molecule has 2 N–H and O–H groups in total. The largest absolute Gasteiger partial charge is 0.497 e. The van der Waals surface area contributed by atoms with Crippen LogP contribution in [0.15, 0.2) is 41.1 Å². The van der Waals surface area contributed by atoms with Crippen LogP contribution in [0, 0.1) is 0 Å². The van der Waals surface area contributed by atoms with Crippen molar-refractivity contribution in [3.63, 3.8) is 0 Å². The van der Waals surface area contributed by atoms with Crippen molar-refractivity contribution in [1.82, 2.24) is 5.32 Å². The van der Waals surface area contributed by atoms with Gasteiger partial charge >= 0.3 is 0 Å². The van der Waals surface area contributed by atoms with E-state index in [-0.39, 0.29) is 0 Å². The molecule has 2 aromatic rings. The third kappa shape index (κ3) is 5.95. The molecule has 0 bridgehead atoms. The van der Waals surface area contributed by atoms with Gasteiger partial charge in [-0.25, -0.2) is 0 Å². The van der Waals surface area contributed by atoms with Gasteiger partial charge in [0.05, 0.1) is 7.11 Å². The molecule has 0 fully saturated rings. The monoisotopic (exact) mass is 338 g/mol. The van der Waals surface area contributed by atoms with Crippen LogP contribution in [0.2, 0.25) is 0 Å². The van der Waals surface area contributed by atoms with Crippen LogP contribution in [-0.4, -0.2) is 24.5 Å². The van der Waals surface area contributed by atoms with E-state index in [9.17, 15) is 0 Å². The van der Waals surface area contributed by atoms with Crippen LogP contribution in [-0.2, 0) is 5.75 Å². The second kappa shape index (κ2) is 8.92. The van der Waals surface area contributed by atoms with Gasteiger partial charge in [-0.1, -0.05) is 6.07 Å². The van der Waals surface area contributed by atoms with Crippen molar-refractivity contribution in [2.75, 3.05) is 24.7 Å². The summed E-state index contributed by atoms with van der Waals surface area (Å²) in [5, 5.41) is 11.3. The zero-order valence-corrected chi connectivity index (χ0v) is 14.2. The van der Waals surface area contributed by atoms with E-state index in [4.69, 9.17) is 17.0 Å². The quantitative estimate of drug-likeness (QED) is 0.589. The van der Waals surface area contributed by atoms with E-state index in [1.807, 2.05) is 36.0 Å². The Bertz CT molecular complexity index is 558. The van der Waals surface area contributed by atoms with Gasteiger partial charge in [-0.05, 0) is 46.7 Å². The maximum Gasteiger partial charge on any atom is 0.170 e. The molecule has 3 nitrogen and oxygen atoms in total. The summed E-state index contributed by atoms with van der Waals surface area (Å²) >= 11 is 8.92. The summed E-state index contributed by atoms with van der Waals surface area (Å²) in [6.07, 6.45) is 0. The molecule has 0 radical (unpaired) electrons. The molecule has 0 aliphatic carbocycles. The summed E-state index contributed by atoms with van der Waals surface area (Å²) in [5.41, 5.74) is 2.32. The highest BCUT2D eigenvalue weighted by atomic mass is 32.2. The first-order chi connectivity index (χ1) is 10.3. The molecule has 1 aromatic carbocycles. The molecule has 0 unspecified atom stereocenters. The Morgan fingerprint density at radius 2 is 2.29 bits per heavy atom. The predicted octanol–water partition coefficient (Wildman–Crippen LogP) is 3.98. The fraction of sp³-hybridized carbons (Fsp3) is 0.267. The Kier molecular flexibility index (Phi) is 6.85. The Labute approximate surface area is 139 Å². The van der Waals surface area contributed by atoms with Gasteiger partial charge in [0, 0.05) is 29.8 Å². The molecule has 0 atom stereocenters. The van der Waals surface area contributed by atoms with Crippen LogP contribution in [0.1, 0.15) is 5.56 Å². The van der Waals surface area contributed by atoms with Crippen molar-refractivity contribution >= 4 is 46.1 Å². The number of methoxy groups -OCH3 is 1. The predicted molar refractivity (Wildman–Crippen MR) is 97.7 cm³/mol. The molecule has 0 saturated heterocycles. The van der Waals surface area contributed by atoms with Gasteiger partial charge in [0.1, 0.15) is 5.75 Å². The highest BCUT2D eigenvalue weighted by molar-refractivity contribution is 7.98. The minimum Gasteiger partial charge on any atom is -0.497 e. The zero-order chi connectivity index (χ0) is 14.9. The van der Waals surface area contributed by atoms with Gasteiger partial charge in [0.2, 0.25) is 0 Å². The van der Waals surface area contributed by atoms with Crippen LogP contribution in [0.25, 0.3) is 0 Å². The number of anilines is 1. The molecule has 21 heavy (non-hydrogen) atoms. The lowest BCUT2D eigenvalue weighted by atomic mass is 10.3. The summed E-state index contributed by atoms with van der Waals surface area (Å²) in [7, 11) is 1.65. The van der Waals surface area contributed by atoms with Crippen LogP contribution < -0.4 is 15.4 Å². The minimum absolute atomic E-state index is 0.638. The van der Waals surface area contributed by atoms with E-state index >= 15 is 0 Å². The Morgan fingerprint density at radius 1 is 1.38 bits per heavy atom. The van der Waals surface area contributed by atoms with Gasteiger partial charge in [0.25, 0.3) is 0 Å². The van der Waals surface area contributed by atoms with Crippen molar-refractivity contribution in [1.29, 1.82) is 0 Å². The molecule has 0 saturated carbocycles. The maximum atomic E-state index is 5.27. The first-order valence-electron chi connectivity index (χ1n) is 6.55. The topological polar surface area (TPSA) is 33.3 Å². The van der Waals surface area contributed by atoms with E-state index in [0.29, 0.717) is 5.11 Å². The Balaban J connectivity index is 1.63. The van der Waals surface area contributed by atoms with Crippen molar-refractivity contribution in [2.24, 2.45) is 0 Å². The molecule has 0 aliphatic rings. The first-order valence-corrected chi connectivity index (χ1v) is 9.06. The number of rotatable bonds is 7. The van der Waals surface area contributed by atoms with Gasteiger partial charge in [-0.15, -0.1) is 0 Å². The minimum atomic E-state index is 0.638. The molecule has 0 spiro atoms. The maximum absolute atomic E-state index is 5.27. The van der Waals surface area contributed by atoms with Gasteiger partial charge in [-0.2, -0.15) is 23.1 Å². The SMILES string of the molecule is COc1cccc(NC(=S)NCCSCc2ccsc2)c1. The fourth-order valence-corrected chi connectivity index (χ4v) is 3.48. The molecule has 1 aromatic heterocycles. The number of thiocarbonyl (C=S) groups is 1. The third-order valence-corrected chi connectivity index (χ3v) is 4.72. The molecule has 0 aliphatic heterocycles. The third-order valence-electron chi connectivity index (χ3n) is 2.71. The zero-order valence-electron chi connectivity index (χ0n) is 11.8. The molecule has 2 rings (SSSR count). The lowest BCUT2D eigenvalue weighted by Crippen LogP contribution is -2.30. The summed E-state index contributed by atoms with van der Waals surface area (Å²) in [6, 6.07) is 9.88. The lowest BCUT2D eigenvalue weighted by molar-refractivity contribution is 0.415. The molecular formula is C15H18N2OS3. The second-order valence-corrected chi connectivity index (χ2v) is 6.59. The molecular weight excluding hydrogens is 320 g/mol. The number of hydrogen-bond acceptors (Lipinski definition) is 4. The van der Waals surface area contributed by atoms with E-state index in [1.165, 1.54) is 5.56 Å². The standard InChI is InChI=1S/C15H18N2OS3/c1-18-14-4-2-3-13(9-14)17-15(19)16-6-8-21-11-12-5-7-20-10-12/h2-5,7,9-10H,6,8,11H2,1H3,(H2,16,17,19). The number of thioether (sulfide) groups is 1. The van der Waals surface area contributed by atoms with Crippen LogP contribution >= 0.6 is 35.3 Å². The van der Waals surface area contributed by atoms with E-state index in [0.717, 1.165) is 29.5 Å². The average molecular weight is 339 g/mol. The Hall–Kier alpha value is -1.24. The van der Waals surface area contributed by atoms with E-state index < -0.39 is 0 Å². The van der Waals surface area contributed by atoms with E-state index in [2.05, 4.69) is 27.5 Å². The van der Waals surface area contributed by atoms with Gasteiger partial charge in [-0.3, -0.25) is 0 Å². The molecule has 0 amide bonds. The highest BCUT2D eigenvalue weighted by Gasteiger charge is 1.99. The van der Waals surface area contributed by atoms with Crippen LogP contribution in [0.3, 0.4) is 0 Å². The second-order valence-electron chi connectivity index (χ2n) is 4.30. The number of hydrogen-bond donors (Lipinski definition) is 2. The molecule has 1 heterocycles. The highest BCUT2D eigenvalue weighted by Crippen LogP contribution is 2.16. The van der Waals surface area contributed by atoms with Gasteiger partial charge < -0.3 is 15.4 Å². The number of thiophene rings is 1. The fourth-order valence-electron chi connectivity index (χ4n) is 1.68. The van der Waals surface area contributed by atoms with Gasteiger partial charge in [0.15, 0.2) is 5.11 Å². The van der Waals surface area contributed by atoms with Crippen molar-refractivity contribution in [3.05, 3.63) is 46.7 Å². The molecule has 6 heteroatoms. The van der Waals surface area contributed by atoms with Crippen molar-refractivity contribution in [2.45, 2.75) is 5.75 Å². The summed E-state index contributed by atoms with van der Waals surface area (Å²) in [4.78, 5) is 0. The summed E-state index contributed by atoms with van der Waals surface area (Å²) in [5.74, 6) is 2.89. The summed E-state index contributed by atoms with van der Waals surface area (Å²) in [6.45, 7) is 0.852. The van der Waals surface area contributed by atoms with Crippen molar-refractivity contribution in [3.8, 4) is 5.75 Å². The average Bonchev–Trinajstić information content (AvgIpc) is 3.00. The summed E-state index contributed by atoms with van der Waals surface area (Å²) < 4.78 is 5.18. The first kappa shape index (κ1) is 16.1. The Morgan fingerprint density at radius 3 is 3.05 bits per heavy atom. The van der Waals surface area contributed by atoms with E-state index in [1.54, 1.807) is 18.4 Å². The van der Waals surface area contributed by atoms with Crippen LogP contribution in [0.5, 0.6) is 5.75 Å². The van der Waals surface area contributed by atoms with Crippen molar-refractivity contribution < 1.29 is 4.74 Å². The molecule has 112 valence electrons. The smallest absolute Gasteiger partial charge is 0.170 e. The lowest BCUT2D eigenvalue weighted by Gasteiger charge is -2.11. The number of nitrogens with one attached hydrogen (secondary N) is 2. The number of ether oxygens (including phenoxy) is 1. The van der Waals surface area contributed by atoms with Crippen LogP contribution in [0.4, 0.5) is 5.69 Å².